The van der Waals surface area contributed by atoms with E-state index in [1.54, 1.807) is 26.1 Å². The van der Waals surface area contributed by atoms with Crippen LogP contribution in [0.5, 0.6) is 5.75 Å². The summed E-state index contributed by atoms with van der Waals surface area (Å²) in [5.41, 5.74) is 2.72. The molecule has 5 heteroatoms. The van der Waals surface area contributed by atoms with E-state index < -0.39 is 0 Å². The molecule has 0 atom stereocenters. The summed E-state index contributed by atoms with van der Waals surface area (Å²) in [6.07, 6.45) is 1.96. The second-order valence-electron chi connectivity index (χ2n) is 5.36. The van der Waals surface area contributed by atoms with E-state index in [0.29, 0.717) is 6.54 Å². The van der Waals surface area contributed by atoms with Gasteiger partial charge in [-0.25, -0.2) is 0 Å². The average molecular weight is 336 g/mol. The minimum absolute atomic E-state index is 0.168. The van der Waals surface area contributed by atoms with Gasteiger partial charge >= 0.3 is 129 Å². The number of carbonyl (C=O) groups excluding carboxylic acids is 1. The Morgan fingerprint density at radius 1 is 1.30 bits per heavy atom. The van der Waals surface area contributed by atoms with Gasteiger partial charge in [-0.3, -0.25) is 0 Å². The second-order valence-corrected chi connectivity index (χ2v) is 6.37. The van der Waals surface area contributed by atoms with Gasteiger partial charge in [0, 0.05) is 0 Å². The molecule has 1 amide bonds. The van der Waals surface area contributed by atoms with Crippen molar-refractivity contribution in [1.29, 1.82) is 0 Å². The fourth-order valence-corrected chi connectivity index (χ4v) is 3.10. The van der Waals surface area contributed by atoms with Gasteiger partial charge in [-0.2, -0.15) is 0 Å². The third-order valence-electron chi connectivity index (χ3n) is 3.75. The molecule has 2 rings (SSSR count). The first-order valence-corrected chi connectivity index (χ1v) is 7.76. The van der Waals surface area contributed by atoms with Gasteiger partial charge in [0.05, 0.1) is 0 Å². The van der Waals surface area contributed by atoms with Crippen LogP contribution in [0.2, 0.25) is 0 Å². The Labute approximate surface area is 129 Å². The predicted octanol–water partition coefficient (Wildman–Crippen LogP) is -0.0222. The Kier molecular flexibility index (Phi) is 5.11. The van der Waals surface area contributed by atoms with Crippen LogP contribution in [-0.2, 0) is 17.6 Å². The molecule has 0 fully saturated rings. The molecule has 0 saturated heterocycles. The minimum atomic E-state index is 0.168. The van der Waals surface area contributed by atoms with Gasteiger partial charge in [-0.15, -0.1) is 0 Å². The van der Waals surface area contributed by atoms with E-state index in [0.717, 1.165) is 36.0 Å². The number of methoxy groups -OCH3 is 1. The first-order valence-electron chi connectivity index (χ1n) is 6.82. The van der Waals surface area contributed by atoms with Gasteiger partial charge in [0.15, 0.2) is 0 Å². The Morgan fingerprint density at radius 3 is 2.45 bits per heavy atom. The van der Waals surface area contributed by atoms with Crippen molar-refractivity contribution in [2.24, 2.45) is 0 Å². The Bertz CT molecular complexity index is 503. The number of hydrogen-bond donors (Lipinski definition) is 0. The number of fused-ring (bicyclic) bond motifs is 1. The summed E-state index contributed by atoms with van der Waals surface area (Å²) in [4.78, 5) is 15.7. The number of carbonyl (C=O) groups is 1. The molecule has 0 bridgehead atoms. The monoisotopic (exact) mass is 336 g/mol. The molecule has 20 heavy (non-hydrogen) atoms. The van der Waals surface area contributed by atoms with Crippen LogP contribution in [0, 0.1) is 0 Å². The zero-order valence-corrected chi connectivity index (χ0v) is 14.2. The van der Waals surface area contributed by atoms with E-state index in [9.17, 15) is 4.79 Å². The van der Waals surface area contributed by atoms with Gasteiger partial charge in [0.2, 0.25) is 0 Å². The quantitative estimate of drug-likeness (QED) is 0.728. The second kappa shape index (κ2) is 6.64. The van der Waals surface area contributed by atoms with E-state index in [1.165, 1.54) is 11.1 Å². The van der Waals surface area contributed by atoms with Crippen molar-refractivity contribution in [3.8, 4) is 5.75 Å². The summed E-state index contributed by atoms with van der Waals surface area (Å²) in [5, 5.41) is 0. The number of nitrogens with zero attached hydrogens (tertiary/aromatic N) is 2. The van der Waals surface area contributed by atoms with Crippen molar-refractivity contribution < 1.29 is 9.53 Å². The van der Waals surface area contributed by atoms with Gasteiger partial charge in [0.25, 0.3) is 0 Å². The standard InChI is InChI=1S/C15H21AsN2O2/c1-17(2)15(19)10-18-6-4-11-8-13(16)14(20-3)9-12(11)5-7-18/h8-9H,4-7,10H2,1-3H3. The van der Waals surface area contributed by atoms with Crippen molar-refractivity contribution in [3.63, 3.8) is 0 Å². The molecule has 0 aromatic heterocycles. The average Bonchev–Trinajstić information content (AvgIpc) is 2.60. The number of ether oxygens (including phenoxy) is 1. The Balaban J connectivity index is 2.09. The van der Waals surface area contributed by atoms with Crippen molar-refractivity contribution in [2.75, 3.05) is 40.8 Å². The van der Waals surface area contributed by atoms with E-state index in [2.05, 4.69) is 33.9 Å². The van der Waals surface area contributed by atoms with Crippen LogP contribution in [0.3, 0.4) is 0 Å². The summed E-state index contributed by atoms with van der Waals surface area (Å²) in [6, 6.07) is 4.34. The molecule has 0 aliphatic carbocycles. The molecular weight excluding hydrogens is 315 g/mol. The van der Waals surface area contributed by atoms with Crippen molar-refractivity contribution in [2.45, 2.75) is 12.8 Å². The summed E-state index contributed by atoms with van der Waals surface area (Å²) < 4.78 is 6.51. The van der Waals surface area contributed by atoms with Crippen LogP contribution < -0.4 is 9.09 Å². The molecule has 1 aromatic rings. The number of likely N-dealkylation sites (N-methyl/N-ethyl adjacent to an activating group) is 1. The van der Waals surface area contributed by atoms with Crippen LogP contribution >= 0.6 is 0 Å². The Hall–Kier alpha value is -0.992. The third-order valence-corrected chi connectivity index (χ3v) is 4.49. The maximum absolute atomic E-state index is 11.8. The topological polar surface area (TPSA) is 32.8 Å². The van der Waals surface area contributed by atoms with Crippen LogP contribution in [0.4, 0.5) is 0 Å². The van der Waals surface area contributed by atoms with Crippen molar-refractivity contribution in [3.05, 3.63) is 23.3 Å². The fraction of sp³-hybridized carbons (Fsp3) is 0.533. The molecule has 0 spiro atoms. The Morgan fingerprint density at radius 2 is 1.90 bits per heavy atom. The molecule has 2 radical (unpaired) electrons. The van der Waals surface area contributed by atoms with Crippen LogP contribution in [0.25, 0.3) is 0 Å². The fourth-order valence-electron chi connectivity index (χ4n) is 2.44. The molecule has 1 aliphatic rings. The summed E-state index contributed by atoms with van der Waals surface area (Å²) in [5.74, 6) is 1.10. The van der Waals surface area contributed by atoms with Gasteiger partial charge in [0.1, 0.15) is 0 Å². The van der Waals surface area contributed by atoms with Crippen LogP contribution in [0.1, 0.15) is 11.1 Å². The predicted molar refractivity (Wildman–Crippen MR) is 80.9 cm³/mol. The van der Waals surface area contributed by atoms with E-state index in [4.69, 9.17) is 4.74 Å². The molecule has 4 nitrogen and oxygen atoms in total. The number of benzene rings is 1. The molecule has 1 aliphatic heterocycles. The van der Waals surface area contributed by atoms with Crippen molar-refractivity contribution >= 4 is 27.1 Å². The summed E-state index contributed by atoms with van der Waals surface area (Å²) in [6.45, 7) is 2.37. The number of amides is 1. The molecule has 0 unspecified atom stereocenters. The van der Waals surface area contributed by atoms with Gasteiger partial charge in [-0.1, -0.05) is 0 Å². The first kappa shape index (κ1) is 15.4. The van der Waals surface area contributed by atoms with E-state index in [1.807, 2.05) is 0 Å². The van der Waals surface area contributed by atoms with Crippen LogP contribution in [0.15, 0.2) is 12.1 Å². The summed E-state index contributed by atoms with van der Waals surface area (Å²) in [7, 11) is 5.32. The van der Waals surface area contributed by atoms with E-state index in [-0.39, 0.29) is 5.91 Å². The zero-order chi connectivity index (χ0) is 14.7. The molecule has 108 valence electrons. The van der Waals surface area contributed by atoms with Gasteiger partial charge in [-0.05, 0) is 0 Å². The van der Waals surface area contributed by atoms with E-state index >= 15 is 0 Å². The molecular formula is C15H21AsN2O2. The molecule has 0 N–H and O–H groups in total. The SMILES string of the molecule is COc1cc2c(cc1[As])CCN(CC(=O)N(C)C)CC2. The number of rotatable bonds is 3. The van der Waals surface area contributed by atoms with Gasteiger partial charge < -0.3 is 0 Å². The van der Waals surface area contributed by atoms with Crippen LogP contribution in [-0.4, -0.2) is 73.4 Å². The molecule has 1 aromatic carbocycles. The normalized spacial score (nSPS) is 15.4. The zero-order valence-electron chi connectivity index (χ0n) is 12.3. The molecule has 1 heterocycles. The third kappa shape index (κ3) is 3.56. The first-order chi connectivity index (χ1) is 9.51. The summed E-state index contributed by atoms with van der Waals surface area (Å²) >= 11 is 2.57. The van der Waals surface area contributed by atoms with Crippen molar-refractivity contribution in [1.82, 2.24) is 9.80 Å². The maximum atomic E-state index is 11.8. The number of hydrogen-bond acceptors (Lipinski definition) is 3. The molecule has 0 saturated carbocycles.